The fourth-order valence-corrected chi connectivity index (χ4v) is 3.11. The lowest BCUT2D eigenvalue weighted by atomic mass is 9.74. The van der Waals surface area contributed by atoms with Crippen molar-refractivity contribution in [1.29, 1.82) is 0 Å². The molecule has 5 heteroatoms. The third-order valence-electron chi connectivity index (χ3n) is 3.34. The van der Waals surface area contributed by atoms with Gasteiger partial charge < -0.3 is 11.5 Å². The minimum Gasteiger partial charge on any atom is -0.326 e. The van der Waals surface area contributed by atoms with Crippen molar-refractivity contribution in [2.45, 2.75) is 37.3 Å². The first kappa shape index (κ1) is 12.1. The van der Waals surface area contributed by atoms with Gasteiger partial charge in [0.2, 0.25) is 0 Å². The average Bonchev–Trinajstić information content (AvgIpc) is 2.22. The summed E-state index contributed by atoms with van der Waals surface area (Å²) in [5, 5.41) is 1.01. The van der Waals surface area contributed by atoms with Crippen LogP contribution >= 0.6 is 23.2 Å². The summed E-state index contributed by atoms with van der Waals surface area (Å²) >= 11 is 12.3. The highest BCUT2D eigenvalue weighted by Gasteiger charge is 2.39. The second-order valence-corrected chi connectivity index (χ2v) is 5.19. The first-order valence-electron chi connectivity index (χ1n) is 5.39. The number of aromatic nitrogens is 1. The predicted molar refractivity (Wildman–Crippen MR) is 66.6 cm³/mol. The Morgan fingerprint density at radius 3 is 2.44 bits per heavy atom. The molecule has 0 saturated heterocycles. The Morgan fingerprint density at radius 2 is 1.88 bits per heavy atom. The molecule has 88 valence electrons. The second kappa shape index (κ2) is 4.49. The van der Waals surface area contributed by atoms with Crippen LogP contribution in [0, 0.1) is 0 Å². The third kappa shape index (κ3) is 1.93. The van der Waals surface area contributed by atoms with Crippen molar-refractivity contribution in [3.63, 3.8) is 0 Å². The molecular formula is C11H15Cl2N3. The van der Waals surface area contributed by atoms with E-state index in [9.17, 15) is 0 Å². The molecule has 1 aliphatic rings. The molecule has 4 N–H and O–H groups in total. The summed E-state index contributed by atoms with van der Waals surface area (Å²) in [7, 11) is 0. The van der Waals surface area contributed by atoms with Gasteiger partial charge in [-0.25, -0.2) is 0 Å². The molecule has 2 unspecified atom stereocenters. The van der Waals surface area contributed by atoms with Gasteiger partial charge in [-0.2, -0.15) is 0 Å². The molecule has 2 rings (SSSR count). The summed E-state index contributed by atoms with van der Waals surface area (Å²) in [6.45, 7) is 0. The van der Waals surface area contributed by atoms with E-state index in [1.165, 1.54) is 0 Å². The molecular weight excluding hydrogens is 245 g/mol. The van der Waals surface area contributed by atoms with Gasteiger partial charge in [0.1, 0.15) is 0 Å². The molecule has 0 bridgehead atoms. The number of hydrogen-bond donors (Lipinski definition) is 2. The van der Waals surface area contributed by atoms with Crippen LogP contribution in [0.4, 0.5) is 0 Å². The molecule has 1 fully saturated rings. The summed E-state index contributed by atoms with van der Waals surface area (Å²) in [6.07, 6.45) is 7.03. The normalized spacial score (nSPS) is 30.4. The summed E-state index contributed by atoms with van der Waals surface area (Å²) in [6, 6.07) is -0.0985. The van der Waals surface area contributed by atoms with Crippen LogP contribution in [0.1, 0.15) is 31.2 Å². The molecule has 0 aromatic carbocycles. The maximum absolute atomic E-state index is 6.40. The quantitative estimate of drug-likeness (QED) is 0.815. The largest absolute Gasteiger partial charge is 0.326 e. The number of hydrogen-bond acceptors (Lipinski definition) is 3. The van der Waals surface area contributed by atoms with E-state index in [4.69, 9.17) is 34.7 Å². The van der Waals surface area contributed by atoms with Gasteiger partial charge in [-0.3, -0.25) is 4.98 Å². The van der Waals surface area contributed by atoms with Gasteiger partial charge in [0, 0.05) is 24.0 Å². The Hall–Kier alpha value is -0.350. The first-order valence-corrected chi connectivity index (χ1v) is 6.15. The van der Waals surface area contributed by atoms with Crippen LogP contribution in [0.5, 0.6) is 0 Å². The van der Waals surface area contributed by atoms with Gasteiger partial charge in [-0.15, -0.1) is 0 Å². The molecule has 0 aliphatic heterocycles. The van der Waals surface area contributed by atoms with E-state index in [-0.39, 0.29) is 6.04 Å². The number of halogens is 2. The minimum atomic E-state index is -0.616. The van der Waals surface area contributed by atoms with Crippen molar-refractivity contribution in [3.05, 3.63) is 28.0 Å². The minimum absolute atomic E-state index is 0.0985. The van der Waals surface area contributed by atoms with Gasteiger partial charge in [0.25, 0.3) is 0 Å². The lowest BCUT2D eigenvalue weighted by Crippen LogP contribution is -2.54. The Kier molecular flexibility index (Phi) is 3.40. The third-order valence-corrected chi connectivity index (χ3v) is 3.91. The average molecular weight is 260 g/mol. The molecule has 1 heterocycles. The lowest BCUT2D eigenvalue weighted by molar-refractivity contribution is 0.256. The number of rotatable bonds is 1. The van der Waals surface area contributed by atoms with Gasteiger partial charge in [-0.1, -0.05) is 36.0 Å². The van der Waals surface area contributed by atoms with Gasteiger partial charge in [-0.05, 0) is 12.8 Å². The van der Waals surface area contributed by atoms with Gasteiger partial charge in [0.05, 0.1) is 15.6 Å². The van der Waals surface area contributed by atoms with Crippen molar-refractivity contribution < 1.29 is 0 Å². The van der Waals surface area contributed by atoms with Gasteiger partial charge >= 0.3 is 0 Å². The molecule has 1 aliphatic carbocycles. The van der Waals surface area contributed by atoms with Crippen LogP contribution < -0.4 is 11.5 Å². The van der Waals surface area contributed by atoms with Crippen molar-refractivity contribution >= 4 is 23.2 Å². The van der Waals surface area contributed by atoms with E-state index in [1.807, 2.05) is 0 Å². The SMILES string of the molecule is NC1CCCCC1(N)c1c(Cl)cncc1Cl. The van der Waals surface area contributed by atoms with Crippen molar-refractivity contribution in [2.24, 2.45) is 11.5 Å². The first-order chi connectivity index (χ1) is 7.55. The van der Waals surface area contributed by atoms with Crippen molar-refractivity contribution in [1.82, 2.24) is 4.98 Å². The van der Waals surface area contributed by atoms with E-state index in [2.05, 4.69) is 4.98 Å². The highest BCUT2D eigenvalue weighted by Crippen LogP contribution is 2.40. The molecule has 3 nitrogen and oxygen atoms in total. The van der Waals surface area contributed by atoms with Crippen LogP contribution in [0.25, 0.3) is 0 Å². The van der Waals surface area contributed by atoms with E-state index < -0.39 is 5.54 Å². The number of pyridine rings is 1. The molecule has 1 saturated carbocycles. The van der Waals surface area contributed by atoms with Crippen LogP contribution in [0.3, 0.4) is 0 Å². The van der Waals surface area contributed by atoms with Crippen LogP contribution in [0.15, 0.2) is 12.4 Å². The van der Waals surface area contributed by atoms with E-state index >= 15 is 0 Å². The molecule has 0 radical (unpaired) electrons. The summed E-state index contributed by atoms with van der Waals surface area (Å²) in [5.41, 5.74) is 12.7. The van der Waals surface area contributed by atoms with Crippen LogP contribution in [0.2, 0.25) is 10.0 Å². The summed E-state index contributed by atoms with van der Waals surface area (Å²) in [4.78, 5) is 3.94. The van der Waals surface area contributed by atoms with Crippen LogP contribution in [-0.2, 0) is 5.54 Å². The molecule has 16 heavy (non-hydrogen) atoms. The fraction of sp³-hybridized carbons (Fsp3) is 0.545. The van der Waals surface area contributed by atoms with Crippen molar-refractivity contribution in [2.75, 3.05) is 0 Å². The predicted octanol–water partition coefficient (Wildman–Crippen LogP) is 2.44. The molecule has 1 aromatic heterocycles. The number of nitrogens with two attached hydrogens (primary N) is 2. The van der Waals surface area contributed by atoms with E-state index in [0.29, 0.717) is 10.0 Å². The van der Waals surface area contributed by atoms with E-state index in [1.54, 1.807) is 12.4 Å². The maximum Gasteiger partial charge on any atom is 0.0655 e. The highest BCUT2D eigenvalue weighted by atomic mass is 35.5. The molecule has 0 amide bonds. The maximum atomic E-state index is 6.40. The number of nitrogens with zero attached hydrogens (tertiary/aromatic N) is 1. The monoisotopic (exact) mass is 259 g/mol. The second-order valence-electron chi connectivity index (χ2n) is 4.37. The lowest BCUT2D eigenvalue weighted by Gasteiger charge is -2.40. The van der Waals surface area contributed by atoms with Crippen molar-refractivity contribution in [3.8, 4) is 0 Å². The molecule has 0 spiro atoms. The highest BCUT2D eigenvalue weighted by molar-refractivity contribution is 6.36. The zero-order chi connectivity index (χ0) is 11.8. The Morgan fingerprint density at radius 1 is 1.25 bits per heavy atom. The molecule has 2 atom stereocenters. The standard InChI is InChI=1S/C11H15Cl2N3/c12-7-5-16-6-8(13)10(7)11(15)4-2-1-3-9(11)14/h5-6,9H,1-4,14-15H2. The molecule has 1 aromatic rings. The van der Waals surface area contributed by atoms with Crippen LogP contribution in [-0.4, -0.2) is 11.0 Å². The Bertz CT molecular complexity index is 377. The summed E-state index contributed by atoms with van der Waals surface area (Å²) < 4.78 is 0. The van der Waals surface area contributed by atoms with E-state index in [0.717, 1.165) is 31.2 Å². The Balaban J connectivity index is 2.49. The topological polar surface area (TPSA) is 64.9 Å². The Labute approximate surface area is 105 Å². The zero-order valence-corrected chi connectivity index (χ0v) is 10.4. The fourth-order valence-electron chi connectivity index (χ4n) is 2.39. The zero-order valence-electron chi connectivity index (χ0n) is 8.92. The summed E-state index contributed by atoms with van der Waals surface area (Å²) in [5.74, 6) is 0. The van der Waals surface area contributed by atoms with Gasteiger partial charge in [0.15, 0.2) is 0 Å². The smallest absolute Gasteiger partial charge is 0.0655 e.